The summed E-state index contributed by atoms with van der Waals surface area (Å²) in [5, 5.41) is 0.960. The van der Waals surface area contributed by atoms with E-state index in [1.54, 1.807) is 30.3 Å². The van der Waals surface area contributed by atoms with E-state index in [9.17, 15) is 16.8 Å². The second-order valence-electron chi connectivity index (χ2n) is 5.14. The van der Waals surface area contributed by atoms with Crippen molar-refractivity contribution in [1.29, 1.82) is 0 Å². The molecule has 1 unspecified atom stereocenters. The number of ether oxygens (including phenoxy) is 1. The lowest BCUT2D eigenvalue weighted by Crippen LogP contribution is -2.20. The van der Waals surface area contributed by atoms with Gasteiger partial charge in [0.2, 0.25) is 0 Å². The van der Waals surface area contributed by atoms with Crippen LogP contribution in [0.25, 0.3) is 0 Å². The van der Waals surface area contributed by atoms with E-state index in [0.717, 1.165) is 5.41 Å². The molecule has 0 saturated heterocycles. The number of rotatable bonds is 5. The Kier molecular flexibility index (Phi) is 4.44. The minimum atomic E-state index is -4.10. The van der Waals surface area contributed by atoms with Crippen molar-refractivity contribution in [3.63, 3.8) is 0 Å². The highest BCUT2D eigenvalue weighted by molar-refractivity contribution is 7.94. The first kappa shape index (κ1) is 16.7. The van der Waals surface area contributed by atoms with E-state index in [1.165, 1.54) is 24.3 Å². The Balaban J connectivity index is 1.79. The molecule has 2 aromatic rings. The van der Waals surface area contributed by atoms with Crippen molar-refractivity contribution in [2.45, 2.75) is 11.0 Å². The maximum absolute atomic E-state index is 12.3. The third-order valence-electron chi connectivity index (χ3n) is 3.22. The van der Waals surface area contributed by atoms with Gasteiger partial charge in [0.15, 0.2) is 9.84 Å². The first-order valence-corrected chi connectivity index (χ1v) is 10.1. The highest BCUT2D eigenvalue weighted by atomic mass is 32.2. The quantitative estimate of drug-likeness (QED) is 0.756. The van der Waals surface area contributed by atoms with Crippen molar-refractivity contribution in [2.75, 3.05) is 5.75 Å². The van der Waals surface area contributed by atoms with Gasteiger partial charge in [0, 0.05) is 11.5 Å². The lowest BCUT2D eigenvalue weighted by molar-refractivity contribution is 0.279. The minimum Gasteiger partial charge on any atom is -0.457 e. The first-order valence-electron chi connectivity index (χ1n) is 7.01. The monoisotopic (exact) mass is 366 g/mol. The van der Waals surface area contributed by atoms with Crippen LogP contribution in [0.4, 0.5) is 0 Å². The summed E-state index contributed by atoms with van der Waals surface area (Å²) in [6.45, 7) is 0. The molecule has 0 N–H and O–H groups in total. The van der Waals surface area contributed by atoms with Crippen LogP contribution in [0.5, 0.6) is 11.5 Å². The van der Waals surface area contributed by atoms with Gasteiger partial charge in [-0.05, 0) is 30.3 Å². The second kappa shape index (κ2) is 6.39. The van der Waals surface area contributed by atoms with Crippen LogP contribution < -0.4 is 4.74 Å². The van der Waals surface area contributed by atoms with Gasteiger partial charge in [-0.3, -0.25) is 4.18 Å². The zero-order chi connectivity index (χ0) is 17.2. The minimum absolute atomic E-state index is 0.103. The molecule has 0 radical (unpaired) electrons. The van der Waals surface area contributed by atoms with Crippen molar-refractivity contribution < 1.29 is 25.8 Å². The average molecular weight is 366 g/mol. The molecule has 6 nitrogen and oxygen atoms in total. The van der Waals surface area contributed by atoms with Crippen molar-refractivity contribution >= 4 is 20.0 Å². The van der Waals surface area contributed by atoms with Gasteiger partial charge in [-0.1, -0.05) is 24.3 Å². The molecule has 8 heteroatoms. The summed E-state index contributed by atoms with van der Waals surface area (Å²) < 4.78 is 57.8. The van der Waals surface area contributed by atoms with Crippen molar-refractivity contribution in [2.24, 2.45) is 0 Å². The summed E-state index contributed by atoms with van der Waals surface area (Å²) in [5.74, 6) is 0.519. The summed E-state index contributed by atoms with van der Waals surface area (Å²) >= 11 is 0. The summed E-state index contributed by atoms with van der Waals surface area (Å²) in [4.78, 5) is -0.103. The first-order chi connectivity index (χ1) is 11.3. The average Bonchev–Trinajstić information content (AvgIpc) is 2.87. The Bertz CT molecular complexity index is 963. The van der Waals surface area contributed by atoms with Crippen LogP contribution in [0.15, 0.2) is 71.0 Å². The molecule has 0 amide bonds. The lowest BCUT2D eigenvalue weighted by Gasteiger charge is -2.11. The Morgan fingerprint density at radius 2 is 1.67 bits per heavy atom. The molecule has 0 saturated carbocycles. The molecule has 0 fully saturated rings. The fourth-order valence-corrected chi connectivity index (χ4v) is 4.47. The summed E-state index contributed by atoms with van der Waals surface area (Å²) in [6.07, 6.45) is 0.204. The van der Waals surface area contributed by atoms with Crippen molar-refractivity contribution in [3.05, 3.63) is 66.1 Å². The van der Waals surface area contributed by atoms with Gasteiger partial charge in [-0.15, -0.1) is 0 Å². The number of para-hydroxylation sites is 1. The zero-order valence-corrected chi connectivity index (χ0v) is 14.0. The summed E-state index contributed by atoms with van der Waals surface area (Å²) in [6, 6.07) is 14.7. The van der Waals surface area contributed by atoms with Gasteiger partial charge in [0.05, 0.1) is 10.6 Å². The third-order valence-corrected chi connectivity index (χ3v) is 5.92. The van der Waals surface area contributed by atoms with Crippen molar-refractivity contribution in [1.82, 2.24) is 0 Å². The van der Waals surface area contributed by atoms with Crippen LogP contribution in [0.2, 0.25) is 0 Å². The molecule has 1 aliphatic heterocycles. The highest BCUT2D eigenvalue weighted by Crippen LogP contribution is 2.26. The number of hydrogen-bond donors (Lipinski definition) is 0. The normalized spacial score (nSPS) is 19.2. The maximum atomic E-state index is 12.3. The Morgan fingerprint density at radius 3 is 2.33 bits per heavy atom. The number of sulfone groups is 1. The molecule has 0 spiro atoms. The van der Waals surface area contributed by atoms with Crippen LogP contribution >= 0.6 is 0 Å². The van der Waals surface area contributed by atoms with Crippen LogP contribution in [-0.4, -0.2) is 28.7 Å². The number of benzene rings is 2. The van der Waals surface area contributed by atoms with Gasteiger partial charge in [-0.25, -0.2) is 8.42 Å². The summed E-state index contributed by atoms with van der Waals surface area (Å²) in [5.41, 5.74) is 0. The summed E-state index contributed by atoms with van der Waals surface area (Å²) in [7, 11) is -7.50. The fraction of sp³-hybridized carbons (Fsp3) is 0.125. The molecule has 1 atom stereocenters. The number of hydrogen-bond acceptors (Lipinski definition) is 6. The Labute approximate surface area is 140 Å². The highest BCUT2D eigenvalue weighted by Gasteiger charge is 2.28. The Hall–Kier alpha value is -2.16. The van der Waals surface area contributed by atoms with Crippen LogP contribution in [0.3, 0.4) is 0 Å². The van der Waals surface area contributed by atoms with E-state index in [0.29, 0.717) is 11.5 Å². The molecular formula is C16H14O6S2. The van der Waals surface area contributed by atoms with E-state index in [2.05, 4.69) is 0 Å². The molecule has 0 aromatic heterocycles. The van der Waals surface area contributed by atoms with Gasteiger partial charge < -0.3 is 4.74 Å². The third kappa shape index (κ3) is 4.02. The lowest BCUT2D eigenvalue weighted by atomic mass is 10.3. The molecular weight excluding hydrogens is 352 g/mol. The largest absolute Gasteiger partial charge is 0.457 e. The molecule has 2 aromatic carbocycles. The topological polar surface area (TPSA) is 86.7 Å². The molecule has 0 aliphatic carbocycles. The van der Waals surface area contributed by atoms with Gasteiger partial charge in [0.25, 0.3) is 10.1 Å². The fourth-order valence-electron chi connectivity index (χ4n) is 2.14. The van der Waals surface area contributed by atoms with Crippen LogP contribution in [0.1, 0.15) is 0 Å². The van der Waals surface area contributed by atoms with E-state index in [-0.39, 0.29) is 10.6 Å². The predicted molar refractivity (Wildman–Crippen MR) is 87.9 cm³/mol. The molecule has 1 aliphatic rings. The van der Waals surface area contributed by atoms with Gasteiger partial charge in [0.1, 0.15) is 17.6 Å². The van der Waals surface area contributed by atoms with E-state index in [4.69, 9.17) is 8.92 Å². The molecule has 3 rings (SSSR count). The van der Waals surface area contributed by atoms with Gasteiger partial charge in [-0.2, -0.15) is 8.42 Å². The smallest absolute Gasteiger partial charge is 0.297 e. The van der Waals surface area contributed by atoms with Crippen LogP contribution in [0, 0.1) is 0 Å². The standard InChI is InChI=1S/C16H14O6S2/c17-23(18)10-9-15(12-23)22-24(19,20)16-8-4-7-14(11-16)21-13-5-2-1-3-6-13/h1-11,15H,12H2. The molecule has 126 valence electrons. The van der Waals surface area contributed by atoms with E-state index in [1.807, 2.05) is 6.07 Å². The second-order valence-corrected chi connectivity index (χ2v) is 8.64. The predicted octanol–water partition coefficient (Wildman–Crippen LogP) is 2.49. The maximum Gasteiger partial charge on any atom is 0.297 e. The van der Waals surface area contributed by atoms with E-state index < -0.39 is 26.1 Å². The molecule has 1 heterocycles. The zero-order valence-electron chi connectivity index (χ0n) is 12.4. The Morgan fingerprint density at radius 1 is 0.958 bits per heavy atom. The molecule has 24 heavy (non-hydrogen) atoms. The van der Waals surface area contributed by atoms with Crippen molar-refractivity contribution in [3.8, 4) is 11.5 Å². The SMILES string of the molecule is O=S1(=O)C=CC(OS(=O)(=O)c2cccc(Oc3ccccc3)c2)C1. The van der Waals surface area contributed by atoms with E-state index >= 15 is 0 Å². The molecule has 0 bridgehead atoms. The van der Waals surface area contributed by atoms with Gasteiger partial charge >= 0.3 is 0 Å². The van der Waals surface area contributed by atoms with Crippen LogP contribution in [-0.2, 0) is 24.1 Å².